The largest absolute Gasteiger partial charge is 0.412 e. The smallest absolute Gasteiger partial charge is 0.326 e. The maximum absolute atomic E-state index is 12.1. The molecule has 0 N–H and O–H groups in total. The Labute approximate surface area is 47.0 Å². The van der Waals surface area contributed by atoms with Crippen LogP contribution in [0.5, 0.6) is 0 Å². The van der Waals surface area contributed by atoms with Gasteiger partial charge in [0.05, 0.1) is 0 Å². The summed E-state index contributed by atoms with van der Waals surface area (Å²) in [4.78, 5) is 0. The van der Waals surface area contributed by atoms with Crippen molar-refractivity contribution < 1.29 is 8.71 Å². The van der Waals surface area contributed by atoms with Crippen molar-refractivity contribution in [3.05, 3.63) is 24.2 Å². The highest BCUT2D eigenvalue weighted by molar-refractivity contribution is 6.59. The van der Waals surface area contributed by atoms with Crippen molar-refractivity contribution in [3.63, 3.8) is 0 Å². The summed E-state index contributed by atoms with van der Waals surface area (Å²) in [5.74, 6) is 1.20. The van der Waals surface area contributed by atoms with Gasteiger partial charge in [-0.25, -0.2) is 4.39 Å². The van der Waals surface area contributed by atoms with Crippen LogP contribution in [-0.4, -0.2) is 13.1 Å². The van der Waals surface area contributed by atoms with E-state index in [-0.39, 0.29) is 0 Å². The van der Waals surface area contributed by atoms with Crippen LogP contribution in [0.15, 0.2) is 24.2 Å². The van der Waals surface area contributed by atoms with E-state index in [1.54, 1.807) is 0 Å². The van der Waals surface area contributed by atoms with Crippen LogP contribution in [0.25, 0.3) is 0 Å². The quantitative estimate of drug-likeness (QED) is 0.418. The van der Waals surface area contributed by atoms with Crippen LogP contribution in [0.4, 0.5) is 8.71 Å². The van der Waals surface area contributed by atoms with Gasteiger partial charge < -0.3 is 4.32 Å². The van der Waals surface area contributed by atoms with Gasteiger partial charge in [0.25, 0.3) is 0 Å². The summed E-state index contributed by atoms with van der Waals surface area (Å²) in [6, 6.07) is 0. The van der Waals surface area contributed by atoms with Gasteiger partial charge in [0, 0.05) is 0 Å². The lowest BCUT2D eigenvalue weighted by Gasteiger charge is -2.01. The molecule has 0 aliphatic carbocycles. The van der Waals surface area contributed by atoms with Gasteiger partial charge in [0.2, 0.25) is 0 Å². The minimum Gasteiger partial charge on any atom is -0.326 e. The third-order valence-electron chi connectivity index (χ3n) is 1.01. The summed E-state index contributed by atoms with van der Waals surface area (Å²) in [6.45, 7) is -1.43. The Bertz CT molecular complexity index is 114. The van der Waals surface area contributed by atoms with Gasteiger partial charge in [-0.05, 0) is 0 Å². The van der Waals surface area contributed by atoms with E-state index in [0.29, 0.717) is 0 Å². The number of alkyl halides is 1. The Kier molecular flexibility index (Phi) is 1.46. The Hall–Kier alpha value is -0.595. The standard InChI is InChI=1S/C5H5BF2/c7-5-3-1-2-4-6(5)8/h1-5H. The molecule has 1 unspecified atom stereocenters. The second-order valence-electron chi connectivity index (χ2n) is 1.66. The first-order valence-corrected chi connectivity index (χ1v) is 2.44. The predicted molar refractivity (Wildman–Crippen MR) is 30.0 cm³/mol. The normalized spacial score (nSPS) is 26.8. The van der Waals surface area contributed by atoms with Crippen molar-refractivity contribution in [2.75, 3.05) is 0 Å². The summed E-state index contributed by atoms with van der Waals surface area (Å²) >= 11 is 0. The zero-order chi connectivity index (χ0) is 5.98. The lowest BCUT2D eigenvalue weighted by Crippen LogP contribution is -2.19. The highest BCUT2D eigenvalue weighted by Gasteiger charge is 2.21. The Balaban J connectivity index is 2.59. The topological polar surface area (TPSA) is 0 Å². The molecule has 1 rings (SSSR count). The molecule has 0 aromatic carbocycles. The first kappa shape index (κ1) is 5.54. The van der Waals surface area contributed by atoms with Crippen molar-refractivity contribution in [2.24, 2.45) is 0 Å². The average molecular weight is 114 g/mol. The third kappa shape index (κ3) is 0.969. The maximum Gasteiger partial charge on any atom is 0.412 e. The van der Waals surface area contributed by atoms with Gasteiger partial charge >= 0.3 is 6.99 Å². The van der Waals surface area contributed by atoms with E-state index in [0.717, 1.165) is 0 Å². The predicted octanol–water partition coefficient (Wildman–Crippen LogP) is 1.49. The molecule has 0 saturated heterocycles. The van der Waals surface area contributed by atoms with E-state index in [9.17, 15) is 8.71 Å². The van der Waals surface area contributed by atoms with Crippen LogP contribution in [0.1, 0.15) is 0 Å². The molecule has 3 heteroatoms. The van der Waals surface area contributed by atoms with Gasteiger partial charge in [-0.3, -0.25) is 0 Å². The number of hydrogen-bond donors (Lipinski definition) is 0. The molecule has 0 bridgehead atoms. The monoisotopic (exact) mass is 114 g/mol. The minimum atomic E-state index is -1.43. The van der Waals surface area contributed by atoms with Crippen molar-refractivity contribution in [2.45, 2.75) is 6.07 Å². The molecule has 0 nitrogen and oxygen atoms in total. The molecular formula is C5H5BF2. The maximum atomic E-state index is 12.1. The average Bonchev–Trinajstić information content (AvgIpc) is 1.77. The Morgan fingerprint density at radius 3 is 2.50 bits per heavy atom. The van der Waals surface area contributed by atoms with E-state index in [4.69, 9.17) is 0 Å². The van der Waals surface area contributed by atoms with E-state index >= 15 is 0 Å². The molecule has 0 fully saturated rings. The van der Waals surface area contributed by atoms with Gasteiger partial charge in [-0.2, -0.15) is 0 Å². The van der Waals surface area contributed by atoms with Crippen LogP contribution < -0.4 is 0 Å². The number of halogens is 2. The van der Waals surface area contributed by atoms with Crippen molar-refractivity contribution >= 4 is 6.99 Å². The van der Waals surface area contributed by atoms with Crippen molar-refractivity contribution in [1.82, 2.24) is 0 Å². The lowest BCUT2D eigenvalue weighted by atomic mass is 9.64. The van der Waals surface area contributed by atoms with E-state index in [2.05, 4.69) is 0 Å². The van der Waals surface area contributed by atoms with Gasteiger partial charge in [-0.15, -0.1) is 0 Å². The van der Waals surface area contributed by atoms with Crippen LogP contribution in [0.3, 0.4) is 0 Å². The van der Waals surface area contributed by atoms with Crippen LogP contribution >= 0.6 is 0 Å². The molecule has 42 valence electrons. The minimum absolute atomic E-state index is 1.20. The summed E-state index contributed by atoms with van der Waals surface area (Å²) in [5, 5.41) is 0. The Morgan fingerprint density at radius 2 is 2.12 bits per heavy atom. The summed E-state index contributed by atoms with van der Waals surface area (Å²) in [6.07, 6.45) is 2.77. The third-order valence-corrected chi connectivity index (χ3v) is 1.01. The SMILES string of the molecule is FB1C=CC=CC1F. The molecule has 0 radical (unpaired) electrons. The molecule has 1 heterocycles. The summed E-state index contributed by atoms with van der Waals surface area (Å²) in [7, 11) is 0. The molecule has 8 heavy (non-hydrogen) atoms. The molecule has 1 atom stereocenters. The van der Waals surface area contributed by atoms with Crippen LogP contribution in [-0.2, 0) is 0 Å². The fraction of sp³-hybridized carbons (Fsp3) is 0.200. The van der Waals surface area contributed by atoms with Crippen molar-refractivity contribution in [3.8, 4) is 0 Å². The molecule has 0 spiro atoms. The lowest BCUT2D eigenvalue weighted by molar-refractivity contribution is 0.481. The first-order valence-electron chi connectivity index (χ1n) is 2.44. The van der Waals surface area contributed by atoms with Gasteiger partial charge in [-0.1, -0.05) is 24.2 Å². The first-order chi connectivity index (χ1) is 3.80. The number of rotatable bonds is 0. The molecule has 0 aromatic heterocycles. The van der Waals surface area contributed by atoms with E-state index in [1.807, 2.05) is 0 Å². The Morgan fingerprint density at radius 1 is 1.38 bits per heavy atom. The summed E-state index contributed by atoms with van der Waals surface area (Å²) in [5.41, 5.74) is 0. The van der Waals surface area contributed by atoms with Gasteiger partial charge in [0.15, 0.2) is 0 Å². The van der Waals surface area contributed by atoms with Crippen molar-refractivity contribution in [1.29, 1.82) is 0 Å². The van der Waals surface area contributed by atoms with E-state index in [1.165, 1.54) is 24.2 Å². The second-order valence-corrected chi connectivity index (χ2v) is 1.66. The zero-order valence-electron chi connectivity index (χ0n) is 4.22. The summed E-state index contributed by atoms with van der Waals surface area (Å²) < 4.78 is 24.1. The molecule has 1 aliphatic heterocycles. The molecule has 1 aliphatic rings. The fourth-order valence-electron chi connectivity index (χ4n) is 0.553. The number of hydrogen-bond acceptors (Lipinski definition) is 0. The zero-order valence-corrected chi connectivity index (χ0v) is 4.22. The fourth-order valence-corrected chi connectivity index (χ4v) is 0.553. The molecule has 0 saturated carbocycles. The molecule has 0 aromatic rings. The van der Waals surface area contributed by atoms with Crippen LogP contribution in [0.2, 0.25) is 0 Å². The second kappa shape index (κ2) is 2.12. The van der Waals surface area contributed by atoms with Crippen LogP contribution in [0, 0.1) is 0 Å². The molecule has 0 amide bonds. The number of allylic oxidation sites excluding steroid dienone is 3. The highest BCUT2D eigenvalue weighted by atomic mass is 19.2. The van der Waals surface area contributed by atoms with Gasteiger partial charge in [0.1, 0.15) is 6.07 Å². The van der Waals surface area contributed by atoms with E-state index < -0.39 is 13.1 Å². The highest BCUT2D eigenvalue weighted by Crippen LogP contribution is 2.06. The molecular weight excluding hydrogens is 109 g/mol.